The SMILES string of the molecule is CC1=Cc2ncc(N3CCOCC3)c(=O)n2NC1N1CCc2ncc(C(F)(F)F)cc2C1. The number of anilines is 1. The number of hydrogen-bond acceptors (Lipinski definition) is 7. The quantitative estimate of drug-likeness (QED) is 0.752. The van der Waals surface area contributed by atoms with Crippen molar-refractivity contribution in [3.63, 3.8) is 0 Å². The number of halogens is 3. The Morgan fingerprint density at radius 2 is 1.94 bits per heavy atom. The van der Waals surface area contributed by atoms with E-state index in [1.54, 1.807) is 6.20 Å². The highest BCUT2D eigenvalue weighted by Gasteiger charge is 2.34. The number of ether oxygens (including phenoxy) is 1. The fourth-order valence-electron chi connectivity index (χ4n) is 4.41. The normalized spacial score (nSPS) is 21.4. The molecule has 170 valence electrons. The molecule has 0 radical (unpaired) electrons. The second kappa shape index (κ2) is 7.89. The average molecular weight is 448 g/mol. The van der Waals surface area contributed by atoms with E-state index in [1.807, 2.05) is 22.8 Å². The van der Waals surface area contributed by atoms with Crippen LogP contribution in [0.4, 0.5) is 18.9 Å². The molecule has 0 spiro atoms. The van der Waals surface area contributed by atoms with Gasteiger partial charge in [-0.25, -0.2) is 9.66 Å². The minimum absolute atomic E-state index is 0.205. The summed E-state index contributed by atoms with van der Waals surface area (Å²) in [7, 11) is 0. The topological polar surface area (TPSA) is 75.5 Å². The highest BCUT2D eigenvalue weighted by Crippen LogP contribution is 2.32. The van der Waals surface area contributed by atoms with Crippen molar-refractivity contribution in [1.29, 1.82) is 0 Å². The molecule has 5 heterocycles. The van der Waals surface area contributed by atoms with E-state index in [4.69, 9.17) is 4.74 Å². The summed E-state index contributed by atoms with van der Waals surface area (Å²) in [5.41, 5.74) is 4.95. The van der Waals surface area contributed by atoms with Gasteiger partial charge < -0.3 is 9.64 Å². The molecule has 3 aliphatic heterocycles. The zero-order valence-electron chi connectivity index (χ0n) is 17.5. The van der Waals surface area contributed by atoms with Gasteiger partial charge in [-0.1, -0.05) is 0 Å². The van der Waals surface area contributed by atoms with Crippen LogP contribution in [0.2, 0.25) is 0 Å². The molecular weight excluding hydrogens is 425 g/mol. The number of pyridine rings is 1. The van der Waals surface area contributed by atoms with E-state index >= 15 is 0 Å². The van der Waals surface area contributed by atoms with E-state index in [-0.39, 0.29) is 11.7 Å². The molecule has 3 aliphatic rings. The lowest BCUT2D eigenvalue weighted by Gasteiger charge is -2.39. The zero-order chi connectivity index (χ0) is 22.5. The van der Waals surface area contributed by atoms with E-state index in [0.29, 0.717) is 68.6 Å². The molecule has 32 heavy (non-hydrogen) atoms. The molecule has 8 nitrogen and oxygen atoms in total. The van der Waals surface area contributed by atoms with Crippen LogP contribution < -0.4 is 15.9 Å². The lowest BCUT2D eigenvalue weighted by atomic mass is 10.0. The van der Waals surface area contributed by atoms with Gasteiger partial charge in [-0.3, -0.25) is 20.1 Å². The van der Waals surface area contributed by atoms with Crippen LogP contribution in [-0.4, -0.2) is 58.6 Å². The molecule has 1 atom stereocenters. The number of nitrogens with zero attached hydrogens (tertiary/aromatic N) is 5. The molecule has 0 saturated carbocycles. The van der Waals surface area contributed by atoms with Gasteiger partial charge in [0.25, 0.3) is 5.56 Å². The third-order valence-electron chi connectivity index (χ3n) is 6.12. The summed E-state index contributed by atoms with van der Waals surface area (Å²) >= 11 is 0. The Hall–Kier alpha value is -2.92. The highest BCUT2D eigenvalue weighted by atomic mass is 19.4. The minimum Gasteiger partial charge on any atom is -0.378 e. The van der Waals surface area contributed by atoms with Gasteiger partial charge in [-0.05, 0) is 30.2 Å². The Morgan fingerprint density at radius 3 is 2.69 bits per heavy atom. The second-order valence-electron chi connectivity index (χ2n) is 8.21. The summed E-state index contributed by atoms with van der Waals surface area (Å²) in [5, 5.41) is 0. The molecule has 1 unspecified atom stereocenters. The van der Waals surface area contributed by atoms with Crippen LogP contribution in [-0.2, 0) is 23.9 Å². The van der Waals surface area contributed by atoms with Gasteiger partial charge >= 0.3 is 6.18 Å². The number of morpholine rings is 1. The van der Waals surface area contributed by atoms with E-state index in [9.17, 15) is 18.0 Å². The van der Waals surface area contributed by atoms with Crippen LogP contribution >= 0.6 is 0 Å². The maximum absolute atomic E-state index is 13.2. The fraction of sp³-hybridized carbons (Fsp3) is 0.476. The third kappa shape index (κ3) is 3.75. The maximum Gasteiger partial charge on any atom is 0.417 e. The number of fused-ring (bicyclic) bond motifs is 2. The molecule has 1 N–H and O–H groups in total. The predicted molar refractivity (Wildman–Crippen MR) is 112 cm³/mol. The van der Waals surface area contributed by atoms with Crippen LogP contribution in [0.25, 0.3) is 6.08 Å². The average Bonchev–Trinajstić information content (AvgIpc) is 2.78. The molecule has 1 saturated heterocycles. The number of aromatic nitrogens is 3. The van der Waals surface area contributed by atoms with Crippen molar-refractivity contribution in [2.45, 2.75) is 32.2 Å². The first kappa shape index (κ1) is 21.0. The third-order valence-corrected chi connectivity index (χ3v) is 6.12. The van der Waals surface area contributed by atoms with Crippen LogP contribution in [0.5, 0.6) is 0 Å². The van der Waals surface area contributed by atoms with Gasteiger partial charge in [0.15, 0.2) is 5.82 Å². The Labute approximate surface area is 182 Å². The van der Waals surface area contributed by atoms with Crippen molar-refractivity contribution in [2.24, 2.45) is 0 Å². The smallest absolute Gasteiger partial charge is 0.378 e. The lowest BCUT2D eigenvalue weighted by molar-refractivity contribution is -0.137. The summed E-state index contributed by atoms with van der Waals surface area (Å²) in [4.78, 5) is 25.7. The first-order chi connectivity index (χ1) is 15.3. The fourth-order valence-corrected chi connectivity index (χ4v) is 4.41. The molecule has 11 heteroatoms. The number of hydrogen-bond donors (Lipinski definition) is 1. The van der Waals surface area contributed by atoms with E-state index < -0.39 is 11.7 Å². The predicted octanol–water partition coefficient (Wildman–Crippen LogP) is 1.84. The second-order valence-corrected chi connectivity index (χ2v) is 8.21. The number of rotatable bonds is 2. The van der Waals surface area contributed by atoms with Crippen LogP contribution in [0.15, 0.2) is 28.8 Å². The first-order valence-corrected chi connectivity index (χ1v) is 10.5. The van der Waals surface area contributed by atoms with E-state index in [1.165, 1.54) is 10.7 Å². The van der Waals surface area contributed by atoms with Gasteiger partial charge in [0, 0.05) is 44.5 Å². The van der Waals surface area contributed by atoms with Gasteiger partial charge in [-0.15, -0.1) is 0 Å². The molecule has 1 fully saturated rings. The van der Waals surface area contributed by atoms with E-state index in [2.05, 4.69) is 15.4 Å². The summed E-state index contributed by atoms with van der Waals surface area (Å²) in [6.07, 6.45) is 0.0829. The zero-order valence-corrected chi connectivity index (χ0v) is 17.5. The first-order valence-electron chi connectivity index (χ1n) is 10.5. The van der Waals surface area contributed by atoms with Crippen LogP contribution in [0.3, 0.4) is 0 Å². The van der Waals surface area contributed by atoms with Crippen molar-refractivity contribution in [3.05, 3.63) is 57.0 Å². The maximum atomic E-state index is 13.2. The van der Waals surface area contributed by atoms with Crippen LogP contribution in [0.1, 0.15) is 29.6 Å². The van der Waals surface area contributed by atoms with Gasteiger partial charge in [0.2, 0.25) is 0 Å². The van der Waals surface area contributed by atoms with Crippen molar-refractivity contribution in [1.82, 2.24) is 19.5 Å². The Bertz CT molecular complexity index is 1120. The number of alkyl halides is 3. The van der Waals surface area contributed by atoms with Crippen molar-refractivity contribution in [2.75, 3.05) is 43.2 Å². The van der Waals surface area contributed by atoms with Gasteiger partial charge in [0.05, 0.1) is 25.0 Å². The molecule has 5 rings (SSSR count). The summed E-state index contributed by atoms with van der Waals surface area (Å²) < 4.78 is 46.2. The van der Waals surface area contributed by atoms with Crippen molar-refractivity contribution < 1.29 is 17.9 Å². The molecule has 0 amide bonds. The highest BCUT2D eigenvalue weighted by molar-refractivity contribution is 5.54. The summed E-state index contributed by atoms with van der Waals surface area (Å²) in [5.74, 6) is 0.499. The van der Waals surface area contributed by atoms with E-state index in [0.717, 1.165) is 11.8 Å². The summed E-state index contributed by atoms with van der Waals surface area (Å²) in [6, 6.07) is 1.18. The minimum atomic E-state index is -4.43. The summed E-state index contributed by atoms with van der Waals surface area (Å²) in [6.45, 7) is 5.17. The molecule has 0 aromatic carbocycles. The number of nitrogens with one attached hydrogen (secondary N) is 1. The van der Waals surface area contributed by atoms with Gasteiger partial charge in [-0.2, -0.15) is 13.2 Å². The monoisotopic (exact) mass is 448 g/mol. The molecule has 0 bridgehead atoms. The lowest BCUT2D eigenvalue weighted by Crippen LogP contribution is -2.52. The molecule has 2 aromatic rings. The Kier molecular flexibility index (Phi) is 5.17. The van der Waals surface area contributed by atoms with Crippen molar-refractivity contribution >= 4 is 11.8 Å². The molecule has 0 aliphatic carbocycles. The molecular formula is C21H23F3N6O2. The molecule has 2 aromatic heterocycles. The van der Waals surface area contributed by atoms with Gasteiger partial charge in [0.1, 0.15) is 11.9 Å². The largest absolute Gasteiger partial charge is 0.417 e. The van der Waals surface area contributed by atoms with Crippen LogP contribution in [0, 0.1) is 0 Å². The Balaban J connectivity index is 1.42. The Morgan fingerprint density at radius 1 is 1.16 bits per heavy atom. The standard InChI is InChI=1S/C21H23F3N6O2/c1-13-8-18-26-11-17(28-4-6-32-7-5-28)20(31)30(18)27-19(13)29-3-2-16-14(12-29)9-15(10-25-16)21(22,23)24/h8-11,19,27H,2-7,12H2,1H3. The van der Waals surface area contributed by atoms with Crippen molar-refractivity contribution in [3.8, 4) is 0 Å².